The van der Waals surface area contributed by atoms with Crippen molar-refractivity contribution in [3.8, 4) is 0 Å². The number of benzene rings is 2. The maximum Gasteiger partial charge on any atom is 0.242 e. The fourth-order valence-corrected chi connectivity index (χ4v) is 4.97. The number of anilines is 1. The first kappa shape index (κ1) is 29.6. The fourth-order valence-electron chi connectivity index (χ4n) is 3.79. The number of amides is 2. The van der Waals surface area contributed by atoms with Crippen molar-refractivity contribution in [3.05, 3.63) is 64.2 Å². The summed E-state index contributed by atoms with van der Waals surface area (Å²) in [6.45, 7) is 9.80. The van der Waals surface area contributed by atoms with Crippen molar-refractivity contribution in [2.24, 2.45) is 0 Å². The van der Waals surface area contributed by atoms with Gasteiger partial charge in [-0.25, -0.2) is 8.42 Å². The van der Waals surface area contributed by atoms with E-state index in [1.54, 1.807) is 36.9 Å². The molecule has 7 nitrogen and oxygen atoms in total. The Morgan fingerprint density at radius 1 is 1.06 bits per heavy atom. The van der Waals surface area contributed by atoms with Gasteiger partial charge in [-0.1, -0.05) is 54.4 Å². The van der Waals surface area contributed by atoms with Crippen LogP contribution in [0.5, 0.6) is 0 Å². The molecule has 36 heavy (non-hydrogen) atoms. The van der Waals surface area contributed by atoms with Gasteiger partial charge in [0.15, 0.2) is 0 Å². The first-order chi connectivity index (χ1) is 16.8. The van der Waals surface area contributed by atoms with Gasteiger partial charge in [-0.15, -0.1) is 0 Å². The Labute approximate surface area is 220 Å². The second kappa shape index (κ2) is 13.1. The van der Waals surface area contributed by atoms with Crippen LogP contribution in [-0.2, 0) is 26.2 Å². The molecule has 0 bridgehead atoms. The molecule has 9 heteroatoms. The van der Waals surface area contributed by atoms with Crippen LogP contribution in [0.1, 0.15) is 56.7 Å². The van der Waals surface area contributed by atoms with Crippen molar-refractivity contribution in [1.29, 1.82) is 0 Å². The molecule has 2 atom stereocenters. The number of halogens is 1. The predicted octanol–water partition coefficient (Wildman–Crippen LogP) is 4.84. The summed E-state index contributed by atoms with van der Waals surface area (Å²) in [5, 5.41) is 3.43. The van der Waals surface area contributed by atoms with Crippen molar-refractivity contribution in [1.82, 2.24) is 10.2 Å². The van der Waals surface area contributed by atoms with Gasteiger partial charge in [-0.2, -0.15) is 0 Å². The van der Waals surface area contributed by atoms with Crippen LogP contribution < -0.4 is 9.62 Å². The molecule has 2 amide bonds. The van der Waals surface area contributed by atoms with Crippen molar-refractivity contribution in [3.63, 3.8) is 0 Å². The number of nitrogens with one attached hydrogen (secondary N) is 1. The molecule has 2 rings (SSSR count). The molecule has 0 radical (unpaired) electrons. The average molecular weight is 536 g/mol. The molecule has 0 aromatic heterocycles. The van der Waals surface area contributed by atoms with Crippen LogP contribution in [-0.4, -0.2) is 50.0 Å². The topological polar surface area (TPSA) is 86.8 Å². The summed E-state index contributed by atoms with van der Waals surface area (Å²) in [4.78, 5) is 27.8. The molecular formula is C27H38ClN3O4S. The molecule has 0 saturated carbocycles. The van der Waals surface area contributed by atoms with Crippen molar-refractivity contribution >= 4 is 39.1 Å². The monoisotopic (exact) mass is 535 g/mol. The minimum absolute atomic E-state index is 0.000493. The molecule has 2 aromatic carbocycles. The summed E-state index contributed by atoms with van der Waals surface area (Å²) in [6, 6.07) is 12.3. The lowest BCUT2D eigenvalue weighted by atomic mass is 10.1. The highest BCUT2D eigenvalue weighted by Gasteiger charge is 2.27. The van der Waals surface area contributed by atoms with E-state index in [-0.39, 0.29) is 37.4 Å². The zero-order valence-corrected chi connectivity index (χ0v) is 23.6. The van der Waals surface area contributed by atoms with Gasteiger partial charge in [-0.05, 0) is 63.8 Å². The van der Waals surface area contributed by atoms with E-state index in [0.29, 0.717) is 22.7 Å². The van der Waals surface area contributed by atoms with Gasteiger partial charge in [0.25, 0.3) is 0 Å². The minimum atomic E-state index is -3.59. The van der Waals surface area contributed by atoms with Gasteiger partial charge in [-0.3, -0.25) is 13.9 Å². The van der Waals surface area contributed by atoms with E-state index >= 15 is 0 Å². The van der Waals surface area contributed by atoms with Crippen LogP contribution in [0.25, 0.3) is 0 Å². The van der Waals surface area contributed by atoms with Gasteiger partial charge in [0, 0.05) is 30.6 Å². The van der Waals surface area contributed by atoms with Crippen LogP contribution in [0.15, 0.2) is 42.5 Å². The Morgan fingerprint density at radius 3 is 2.28 bits per heavy atom. The van der Waals surface area contributed by atoms with Gasteiger partial charge in [0.2, 0.25) is 21.8 Å². The van der Waals surface area contributed by atoms with E-state index in [2.05, 4.69) is 5.32 Å². The van der Waals surface area contributed by atoms with Crippen LogP contribution in [0.2, 0.25) is 5.02 Å². The number of hydrogen-bond acceptors (Lipinski definition) is 4. The molecule has 0 fully saturated rings. The number of rotatable bonds is 12. The van der Waals surface area contributed by atoms with E-state index in [1.807, 2.05) is 45.0 Å². The Hall–Kier alpha value is -2.58. The fraction of sp³-hybridized carbons (Fsp3) is 0.481. The number of carbonyl (C=O) groups is 2. The van der Waals surface area contributed by atoms with E-state index in [0.717, 1.165) is 23.8 Å². The molecule has 198 valence electrons. The van der Waals surface area contributed by atoms with Crippen molar-refractivity contribution in [2.75, 3.05) is 17.1 Å². The normalized spacial score (nSPS) is 13.1. The maximum absolute atomic E-state index is 13.4. The first-order valence-corrected chi connectivity index (χ1v) is 14.5. The van der Waals surface area contributed by atoms with Crippen LogP contribution in [0.4, 0.5) is 5.69 Å². The number of sulfonamides is 1. The lowest BCUT2D eigenvalue weighted by Crippen LogP contribution is -2.49. The summed E-state index contributed by atoms with van der Waals surface area (Å²) in [6.07, 6.45) is 2.31. The molecule has 0 spiro atoms. The SMILES string of the molecule is CC[C@@H](C)NC(=O)[C@@H](C)N(Cc1ccc(C)cc1)C(=O)CCCN(c1cccc(Cl)c1C)S(C)(=O)=O. The van der Waals surface area contributed by atoms with Crippen molar-refractivity contribution in [2.45, 2.75) is 72.5 Å². The smallest absolute Gasteiger partial charge is 0.242 e. The average Bonchev–Trinajstić information content (AvgIpc) is 2.82. The third-order valence-electron chi connectivity index (χ3n) is 6.30. The zero-order valence-electron chi connectivity index (χ0n) is 22.0. The highest BCUT2D eigenvalue weighted by Crippen LogP contribution is 2.28. The Balaban J connectivity index is 2.20. The van der Waals surface area contributed by atoms with Crippen molar-refractivity contribution < 1.29 is 18.0 Å². The van der Waals surface area contributed by atoms with Gasteiger partial charge >= 0.3 is 0 Å². The number of aryl methyl sites for hydroxylation is 1. The molecule has 0 aliphatic rings. The first-order valence-electron chi connectivity index (χ1n) is 12.2. The van der Waals surface area contributed by atoms with E-state index in [1.165, 1.54) is 4.31 Å². The molecule has 0 saturated heterocycles. The molecule has 0 heterocycles. The minimum Gasteiger partial charge on any atom is -0.352 e. The third-order valence-corrected chi connectivity index (χ3v) is 7.89. The lowest BCUT2D eigenvalue weighted by molar-refractivity contribution is -0.140. The Morgan fingerprint density at radius 2 is 1.69 bits per heavy atom. The summed E-state index contributed by atoms with van der Waals surface area (Å²) in [5.41, 5.74) is 3.18. The highest BCUT2D eigenvalue weighted by molar-refractivity contribution is 7.92. The summed E-state index contributed by atoms with van der Waals surface area (Å²) in [5.74, 6) is -0.421. The number of hydrogen-bond donors (Lipinski definition) is 1. The highest BCUT2D eigenvalue weighted by atomic mass is 35.5. The van der Waals surface area contributed by atoms with Gasteiger partial charge in [0.1, 0.15) is 6.04 Å². The van der Waals surface area contributed by atoms with E-state index in [4.69, 9.17) is 11.6 Å². The Bertz CT molecular complexity index is 1150. The maximum atomic E-state index is 13.4. The summed E-state index contributed by atoms with van der Waals surface area (Å²) >= 11 is 6.21. The summed E-state index contributed by atoms with van der Waals surface area (Å²) < 4.78 is 26.4. The molecule has 0 unspecified atom stereocenters. The number of carbonyl (C=O) groups excluding carboxylic acids is 2. The van der Waals surface area contributed by atoms with E-state index in [9.17, 15) is 18.0 Å². The predicted molar refractivity (Wildman–Crippen MR) is 147 cm³/mol. The molecule has 0 aliphatic carbocycles. The van der Waals surface area contributed by atoms with E-state index < -0.39 is 16.1 Å². The third kappa shape index (κ3) is 8.23. The second-order valence-electron chi connectivity index (χ2n) is 9.32. The second-order valence-corrected chi connectivity index (χ2v) is 11.6. The van der Waals surface area contributed by atoms with Gasteiger partial charge < -0.3 is 10.2 Å². The largest absolute Gasteiger partial charge is 0.352 e. The molecule has 2 aromatic rings. The van der Waals surface area contributed by atoms with Crippen LogP contribution in [0.3, 0.4) is 0 Å². The summed E-state index contributed by atoms with van der Waals surface area (Å²) in [7, 11) is -3.59. The molecule has 0 aliphatic heterocycles. The lowest BCUT2D eigenvalue weighted by Gasteiger charge is -2.30. The zero-order chi connectivity index (χ0) is 27.0. The molecule has 1 N–H and O–H groups in total. The molecular weight excluding hydrogens is 498 g/mol. The standard InChI is InChI=1S/C27H38ClN3O4S/c1-7-20(3)29-27(33)22(5)30(18-23-15-13-19(2)14-16-23)26(32)12-9-17-31(36(6,34)35)25-11-8-10-24(28)21(25)4/h8,10-11,13-16,20,22H,7,9,12,17-18H2,1-6H3,(H,29,33)/t20-,22-/m1/s1. The van der Waals surface area contributed by atoms with Crippen LogP contribution in [0, 0.1) is 13.8 Å². The number of nitrogens with zero attached hydrogens (tertiary/aromatic N) is 2. The quantitative estimate of drug-likeness (QED) is 0.421. The van der Waals surface area contributed by atoms with Crippen LogP contribution >= 0.6 is 11.6 Å². The van der Waals surface area contributed by atoms with Gasteiger partial charge in [0.05, 0.1) is 11.9 Å². The Kier molecular flexibility index (Phi) is 10.8.